The van der Waals surface area contributed by atoms with Gasteiger partial charge in [-0.1, -0.05) is 24.3 Å². The van der Waals surface area contributed by atoms with Crippen molar-refractivity contribution in [1.82, 2.24) is 15.5 Å². The summed E-state index contributed by atoms with van der Waals surface area (Å²) in [5.41, 5.74) is 1.67. The van der Waals surface area contributed by atoms with Crippen molar-refractivity contribution in [2.45, 2.75) is 56.1 Å². The average molecular weight is 339 g/mol. The second kappa shape index (κ2) is 5.07. The minimum absolute atomic E-state index is 0.0951. The number of amides is 4. The number of carbonyl (C=O) groups is 3. The molecule has 0 spiro atoms. The zero-order valence-electron chi connectivity index (χ0n) is 14.0. The van der Waals surface area contributed by atoms with E-state index in [0.717, 1.165) is 25.7 Å². The van der Waals surface area contributed by atoms with E-state index in [0.29, 0.717) is 12.8 Å². The second-order valence-corrected chi connectivity index (χ2v) is 7.69. The van der Waals surface area contributed by atoms with E-state index < -0.39 is 11.6 Å². The summed E-state index contributed by atoms with van der Waals surface area (Å²) in [5.74, 6) is -0.00241. The van der Waals surface area contributed by atoms with Crippen LogP contribution in [0.25, 0.3) is 0 Å². The minimum Gasteiger partial charge on any atom is -0.329 e. The first kappa shape index (κ1) is 14.9. The van der Waals surface area contributed by atoms with E-state index in [1.165, 1.54) is 11.1 Å². The molecule has 5 rings (SSSR count). The topological polar surface area (TPSA) is 78.5 Å². The quantitative estimate of drug-likeness (QED) is 0.825. The number of hydrogen-bond donors (Lipinski definition) is 2. The Morgan fingerprint density at radius 2 is 1.72 bits per heavy atom. The molecule has 3 fully saturated rings. The van der Waals surface area contributed by atoms with Crippen molar-refractivity contribution < 1.29 is 14.4 Å². The Labute approximate surface area is 145 Å². The van der Waals surface area contributed by atoms with Gasteiger partial charge in [0.25, 0.3) is 5.91 Å². The number of urea groups is 1. The van der Waals surface area contributed by atoms with Gasteiger partial charge in [-0.15, -0.1) is 0 Å². The first-order chi connectivity index (χ1) is 12.1. The van der Waals surface area contributed by atoms with E-state index >= 15 is 0 Å². The van der Waals surface area contributed by atoms with Gasteiger partial charge in [0.15, 0.2) is 0 Å². The molecule has 4 aliphatic rings. The van der Waals surface area contributed by atoms with E-state index in [1.807, 2.05) is 17.0 Å². The third-order valence-electron chi connectivity index (χ3n) is 6.36. The fourth-order valence-electron chi connectivity index (χ4n) is 5.07. The van der Waals surface area contributed by atoms with E-state index in [1.54, 1.807) is 0 Å². The molecule has 1 saturated carbocycles. The predicted molar refractivity (Wildman–Crippen MR) is 89.4 cm³/mol. The zero-order valence-corrected chi connectivity index (χ0v) is 14.0. The number of nitrogens with zero attached hydrogens (tertiary/aromatic N) is 1. The number of imide groups is 1. The Morgan fingerprint density at radius 3 is 2.24 bits per heavy atom. The molecule has 2 bridgehead atoms. The van der Waals surface area contributed by atoms with E-state index in [2.05, 4.69) is 22.8 Å². The average Bonchev–Trinajstić information content (AvgIpc) is 3.22. The molecule has 4 amide bonds. The van der Waals surface area contributed by atoms with Crippen LogP contribution in [0.1, 0.15) is 61.7 Å². The Hall–Kier alpha value is -2.37. The number of benzene rings is 1. The zero-order chi connectivity index (χ0) is 17.2. The highest BCUT2D eigenvalue weighted by atomic mass is 16.2. The highest BCUT2D eigenvalue weighted by Crippen LogP contribution is 2.53. The number of carbonyl (C=O) groups excluding carboxylic acids is 3. The van der Waals surface area contributed by atoms with Gasteiger partial charge in [0.05, 0.1) is 12.1 Å². The van der Waals surface area contributed by atoms with Gasteiger partial charge in [-0.25, -0.2) is 4.79 Å². The predicted octanol–water partition coefficient (Wildman–Crippen LogP) is 2.17. The van der Waals surface area contributed by atoms with Crippen molar-refractivity contribution in [2.75, 3.05) is 0 Å². The van der Waals surface area contributed by atoms with Gasteiger partial charge in [0, 0.05) is 6.42 Å². The van der Waals surface area contributed by atoms with Gasteiger partial charge in [-0.2, -0.15) is 0 Å². The van der Waals surface area contributed by atoms with Crippen LogP contribution in [0, 0.1) is 5.92 Å². The fraction of sp³-hybridized carbons (Fsp3) is 0.526. The van der Waals surface area contributed by atoms with Crippen molar-refractivity contribution >= 4 is 17.8 Å². The summed E-state index contributed by atoms with van der Waals surface area (Å²) in [4.78, 5) is 38.9. The van der Waals surface area contributed by atoms with Crippen molar-refractivity contribution in [3.63, 3.8) is 0 Å². The van der Waals surface area contributed by atoms with Gasteiger partial charge in [-0.05, 0) is 49.1 Å². The van der Waals surface area contributed by atoms with Crippen LogP contribution in [0.4, 0.5) is 4.79 Å². The van der Waals surface area contributed by atoms with Crippen LogP contribution in [-0.2, 0) is 9.59 Å². The summed E-state index contributed by atoms with van der Waals surface area (Å²) >= 11 is 0. The molecular formula is C19H21N3O3. The Bertz CT molecular complexity index is 757. The molecule has 1 aromatic rings. The molecule has 0 aromatic heterocycles. The Kier molecular flexibility index (Phi) is 3.03. The van der Waals surface area contributed by atoms with Gasteiger partial charge in [-0.3, -0.25) is 14.9 Å². The molecule has 1 aliphatic carbocycles. The maximum atomic E-state index is 13.0. The summed E-state index contributed by atoms with van der Waals surface area (Å²) in [6.07, 6.45) is 4.58. The van der Waals surface area contributed by atoms with E-state index in [4.69, 9.17) is 0 Å². The van der Waals surface area contributed by atoms with Crippen LogP contribution < -0.4 is 10.6 Å². The molecule has 2 N–H and O–H groups in total. The maximum absolute atomic E-state index is 13.0. The normalized spacial score (nSPS) is 32.6. The van der Waals surface area contributed by atoms with Crippen molar-refractivity contribution in [1.29, 1.82) is 0 Å². The van der Waals surface area contributed by atoms with Crippen LogP contribution >= 0.6 is 0 Å². The highest BCUT2D eigenvalue weighted by Gasteiger charge is 2.56. The lowest BCUT2D eigenvalue weighted by Gasteiger charge is -2.28. The number of nitrogens with one attached hydrogen (secondary N) is 2. The largest absolute Gasteiger partial charge is 0.329 e. The molecule has 6 heteroatoms. The van der Waals surface area contributed by atoms with Crippen LogP contribution in [0.3, 0.4) is 0 Å². The summed E-state index contributed by atoms with van der Waals surface area (Å²) in [7, 11) is 0. The fourth-order valence-corrected chi connectivity index (χ4v) is 5.07. The molecule has 3 atom stereocenters. The van der Waals surface area contributed by atoms with Gasteiger partial charge in [0.1, 0.15) is 5.54 Å². The van der Waals surface area contributed by atoms with Crippen LogP contribution in [-0.4, -0.2) is 28.3 Å². The molecule has 2 unspecified atom stereocenters. The van der Waals surface area contributed by atoms with Gasteiger partial charge in [0.2, 0.25) is 5.91 Å². The molecule has 2 saturated heterocycles. The summed E-state index contributed by atoms with van der Waals surface area (Å²) in [5, 5.41) is 5.16. The van der Waals surface area contributed by atoms with Crippen LogP contribution in [0.15, 0.2) is 24.3 Å². The van der Waals surface area contributed by atoms with Gasteiger partial charge < -0.3 is 10.2 Å². The lowest BCUT2D eigenvalue weighted by molar-refractivity contribution is -0.134. The van der Waals surface area contributed by atoms with E-state index in [9.17, 15) is 14.4 Å². The number of hydrogen-bond acceptors (Lipinski definition) is 3. The molecule has 3 heterocycles. The molecule has 1 aromatic carbocycles. The summed E-state index contributed by atoms with van der Waals surface area (Å²) in [6, 6.07) is 8.23. The number of fused-ring (bicyclic) bond motifs is 5. The maximum Gasteiger partial charge on any atom is 0.322 e. The number of rotatable bonds is 4. The first-order valence-electron chi connectivity index (χ1n) is 9.14. The first-order valence-corrected chi connectivity index (χ1v) is 9.14. The Balaban J connectivity index is 1.34. The van der Waals surface area contributed by atoms with Crippen molar-refractivity contribution in [3.8, 4) is 0 Å². The summed E-state index contributed by atoms with van der Waals surface area (Å²) in [6.45, 7) is 0. The third-order valence-corrected chi connectivity index (χ3v) is 6.36. The van der Waals surface area contributed by atoms with Crippen molar-refractivity contribution in [2.24, 2.45) is 5.92 Å². The third kappa shape index (κ3) is 2.06. The lowest BCUT2D eigenvalue weighted by Crippen LogP contribution is -2.49. The van der Waals surface area contributed by atoms with Crippen molar-refractivity contribution in [3.05, 3.63) is 35.4 Å². The molecule has 6 nitrogen and oxygen atoms in total. The van der Waals surface area contributed by atoms with E-state index in [-0.39, 0.29) is 29.8 Å². The standard InChI is InChI=1S/C19H21N3O3/c23-16(9-10-19(11-5-6-11)17(24)20-18(25)21-19)22-14-7-8-15(22)13-4-2-1-3-12(13)14/h1-4,11,14-15H,5-10H2,(H2,20,21,24,25)/t14?,15?,19-/m0/s1. The minimum atomic E-state index is -0.877. The molecular weight excluding hydrogens is 318 g/mol. The monoisotopic (exact) mass is 339 g/mol. The second-order valence-electron chi connectivity index (χ2n) is 7.69. The SMILES string of the molecule is O=C1NC(=O)[C@](CCC(=O)N2C3CCC2c2ccccc23)(C2CC2)N1. The summed E-state index contributed by atoms with van der Waals surface area (Å²) < 4.78 is 0. The molecule has 0 radical (unpaired) electrons. The smallest absolute Gasteiger partial charge is 0.322 e. The Morgan fingerprint density at radius 1 is 1.08 bits per heavy atom. The molecule has 3 aliphatic heterocycles. The van der Waals surface area contributed by atoms with Gasteiger partial charge >= 0.3 is 6.03 Å². The van der Waals surface area contributed by atoms with Crippen LogP contribution in [0.2, 0.25) is 0 Å². The molecule has 25 heavy (non-hydrogen) atoms. The van der Waals surface area contributed by atoms with Crippen LogP contribution in [0.5, 0.6) is 0 Å². The lowest BCUT2D eigenvalue weighted by atomic mass is 9.87. The highest BCUT2D eigenvalue weighted by molar-refractivity contribution is 6.07. The molecule has 130 valence electrons.